The van der Waals surface area contributed by atoms with Crippen LogP contribution < -0.4 is 5.73 Å². The van der Waals surface area contributed by atoms with Crippen LogP contribution in [0.15, 0.2) is 6.33 Å². The van der Waals surface area contributed by atoms with E-state index >= 15 is 0 Å². The number of aromatic nitrogens is 3. The minimum atomic E-state index is -0.0877. The molecule has 0 aliphatic carbocycles. The molecule has 0 saturated heterocycles. The van der Waals surface area contributed by atoms with Gasteiger partial charge in [0, 0.05) is 7.11 Å². The maximum atomic E-state index is 5.39. The molecule has 5 heteroatoms. The van der Waals surface area contributed by atoms with Crippen molar-refractivity contribution >= 4 is 5.95 Å². The van der Waals surface area contributed by atoms with Crippen molar-refractivity contribution in [2.45, 2.75) is 19.4 Å². The van der Waals surface area contributed by atoms with Gasteiger partial charge in [0.25, 0.3) is 0 Å². The number of hydrogen-bond donors (Lipinski definition) is 1. The monoisotopic (exact) mass is 168 g/mol. The number of nitrogens with two attached hydrogens (primary N) is 1. The third-order valence-electron chi connectivity index (χ3n) is 1.55. The minimum Gasteiger partial charge on any atom is -0.373 e. The highest BCUT2D eigenvalue weighted by Gasteiger charge is 2.10. The van der Waals surface area contributed by atoms with E-state index in [9.17, 15) is 0 Å². The predicted octanol–water partition coefficient (Wildman–Crippen LogP) is 0.551. The van der Waals surface area contributed by atoms with Crippen molar-refractivity contribution in [3.8, 4) is 0 Å². The van der Waals surface area contributed by atoms with Crippen LogP contribution in [0.5, 0.6) is 0 Å². The Labute approximate surface area is 71.0 Å². The van der Waals surface area contributed by atoms with E-state index in [1.165, 1.54) is 6.33 Å². The first-order chi connectivity index (χ1) is 5.77. The van der Waals surface area contributed by atoms with Crippen molar-refractivity contribution in [3.05, 3.63) is 12.2 Å². The minimum absolute atomic E-state index is 0.0877. The summed E-state index contributed by atoms with van der Waals surface area (Å²) in [4.78, 5) is 11.6. The number of hydrogen-bond acceptors (Lipinski definition) is 5. The van der Waals surface area contributed by atoms with Gasteiger partial charge in [0.1, 0.15) is 12.4 Å². The highest BCUT2D eigenvalue weighted by molar-refractivity contribution is 5.13. The second-order valence-electron chi connectivity index (χ2n) is 2.33. The molecule has 0 fully saturated rings. The maximum absolute atomic E-state index is 5.39. The van der Waals surface area contributed by atoms with Gasteiger partial charge in [-0.1, -0.05) is 6.92 Å². The largest absolute Gasteiger partial charge is 0.373 e. The fourth-order valence-corrected chi connectivity index (χ4v) is 0.932. The molecule has 1 unspecified atom stereocenters. The summed E-state index contributed by atoms with van der Waals surface area (Å²) in [5.41, 5.74) is 5.39. The Bertz CT molecular complexity index is 249. The van der Waals surface area contributed by atoms with Gasteiger partial charge in [-0.05, 0) is 6.42 Å². The molecule has 5 nitrogen and oxygen atoms in total. The summed E-state index contributed by atoms with van der Waals surface area (Å²) in [6, 6.07) is 0. The van der Waals surface area contributed by atoms with E-state index in [1.807, 2.05) is 6.92 Å². The van der Waals surface area contributed by atoms with Gasteiger partial charge < -0.3 is 10.5 Å². The van der Waals surface area contributed by atoms with Gasteiger partial charge in [-0.3, -0.25) is 0 Å². The van der Waals surface area contributed by atoms with Crippen LogP contribution in [0.4, 0.5) is 5.95 Å². The summed E-state index contributed by atoms with van der Waals surface area (Å²) < 4.78 is 5.13. The summed E-state index contributed by atoms with van der Waals surface area (Å²) >= 11 is 0. The third-order valence-corrected chi connectivity index (χ3v) is 1.55. The Hall–Kier alpha value is -1.23. The number of rotatable bonds is 3. The topological polar surface area (TPSA) is 73.9 Å². The van der Waals surface area contributed by atoms with E-state index in [-0.39, 0.29) is 12.1 Å². The molecule has 0 aliphatic rings. The fraction of sp³-hybridized carbons (Fsp3) is 0.571. The lowest BCUT2D eigenvalue weighted by atomic mass is 10.2. The smallest absolute Gasteiger partial charge is 0.223 e. The predicted molar refractivity (Wildman–Crippen MR) is 44.3 cm³/mol. The normalized spacial score (nSPS) is 12.8. The molecular weight excluding hydrogens is 156 g/mol. The fourth-order valence-electron chi connectivity index (χ4n) is 0.932. The van der Waals surface area contributed by atoms with Crippen molar-refractivity contribution in [2.75, 3.05) is 12.8 Å². The standard InChI is InChI=1S/C7H12N4O/c1-3-5(12-2)6-9-4-10-7(8)11-6/h4-5H,3H2,1-2H3,(H2,8,9,10,11). The van der Waals surface area contributed by atoms with Gasteiger partial charge in [-0.2, -0.15) is 4.98 Å². The van der Waals surface area contributed by atoms with Crippen LogP contribution in [-0.2, 0) is 4.74 Å². The van der Waals surface area contributed by atoms with Crippen molar-refractivity contribution in [1.29, 1.82) is 0 Å². The summed E-state index contributed by atoms with van der Waals surface area (Å²) in [7, 11) is 1.62. The van der Waals surface area contributed by atoms with Crippen LogP contribution in [0.1, 0.15) is 25.3 Å². The highest BCUT2D eigenvalue weighted by atomic mass is 16.5. The second kappa shape index (κ2) is 3.96. The van der Waals surface area contributed by atoms with Crippen LogP contribution in [-0.4, -0.2) is 22.1 Å². The summed E-state index contributed by atoms with van der Waals surface area (Å²) in [5, 5.41) is 0. The Balaban J connectivity index is 2.85. The number of methoxy groups -OCH3 is 1. The molecule has 1 heterocycles. The Kier molecular flexibility index (Phi) is 2.93. The number of nitrogen functional groups attached to an aromatic ring is 1. The maximum Gasteiger partial charge on any atom is 0.223 e. The molecule has 0 bridgehead atoms. The molecule has 2 N–H and O–H groups in total. The number of anilines is 1. The first-order valence-corrected chi connectivity index (χ1v) is 3.75. The molecule has 1 aromatic heterocycles. The lowest BCUT2D eigenvalue weighted by Gasteiger charge is -2.10. The van der Waals surface area contributed by atoms with Crippen molar-refractivity contribution in [3.63, 3.8) is 0 Å². The molecule has 0 radical (unpaired) electrons. The molecule has 0 aliphatic heterocycles. The SMILES string of the molecule is CCC(OC)c1ncnc(N)n1. The first-order valence-electron chi connectivity index (χ1n) is 3.75. The third kappa shape index (κ3) is 1.88. The average molecular weight is 168 g/mol. The molecule has 66 valence electrons. The van der Waals surface area contributed by atoms with Crippen LogP contribution in [0.3, 0.4) is 0 Å². The number of ether oxygens (including phenoxy) is 1. The van der Waals surface area contributed by atoms with Crippen LogP contribution in [0, 0.1) is 0 Å². The Morgan fingerprint density at radius 2 is 2.33 bits per heavy atom. The van der Waals surface area contributed by atoms with Crippen LogP contribution >= 0.6 is 0 Å². The molecule has 0 aromatic carbocycles. The van der Waals surface area contributed by atoms with E-state index in [4.69, 9.17) is 10.5 Å². The van der Waals surface area contributed by atoms with E-state index < -0.39 is 0 Å². The van der Waals surface area contributed by atoms with Gasteiger partial charge >= 0.3 is 0 Å². The van der Waals surface area contributed by atoms with Gasteiger partial charge in [0.15, 0.2) is 5.82 Å². The second-order valence-corrected chi connectivity index (χ2v) is 2.33. The van der Waals surface area contributed by atoms with Crippen molar-refractivity contribution < 1.29 is 4.74 Å². The van der Waals surface area contributed by atoms with Crippen LogP contribution in [0.2, 0.25) is 0 Å². The highest BCUT2D eigenvalue weighted by Crippen LogP contribution is 2.14. The quantitative estimate of drug-likeness (QED) is 0.713. The number of nitrogens with zero attached hydrogens (tertiary/aromatic N) is 3. The Morgan fingerprint density at radius 1 is 1.58 bits per heavy atom. The van der Waals surface area contributed by atoms with Crippen molar-refractivity contribution in [2.24, 2.45) is 0 Å². The zero-order valence-corrected chi connectivity index (χ0v) is 7.19. The summed E-state index contributed by atoms with van der Waals surface area (Å²) in [6.45, 7) is 1.99. The van der Waals surface area contributed by atoms with Gasteiger partial charge in [-0.15, -0.1) is 0 Å². The molecule has 0 saturated carbocycles. The molecular formula is C7H12N4O. The summed E-state index contributed by atoms with van der Waals surface area (Å²) in [5.74, 6) is 0.822. The molecule has 12 heavy (non-hydrogen) atoms. The molecule has 1 rings (SSSR count). The molecule has 1 atom stereocenters. The molecule has 1 aromatic rings. The zero-order chi connectivity index (χ0) is 8.97. The molecule has 0 spiro atoms. The zero-order valence-electron chi connectivity index (χ0n) is 7.19. The Morgan fingerprint density at radius 3 is 2.83 bits per heavy atom. The van der Waals surface area contributed by atoms with E-state index in [1.54, 1.807) is 7.11 Å². The van der Waals surface area contributed by atoms with E-state index in [0.717, 1.165) is 6.42 Å². The van der Waals surface area contributed by atoms with Gasteiger partial charge in [-0.25, -0.2) is 9.97 Å². The van der Waals surface area contributed by atoms with Gasteiger partial charge in [0.2, 0.25) is 5.95 Å². The van der Waals surface area contributed by atoms with E-state index in [2.05, 4.69) is 15.0 Å². The lowest BCUT2D eigenvalue weighted by molar-refractivity contribution is 0.0925. The molecule has 0 amide bonds. The lowest BCUT2D eigenvalue weighted by Crippen LogP contribution is -2.08. The average Bonchev–Trinajstić information content (AvgIpc) is 2.07. The van der Waals surface area contributed by atoms with Gasteiger partial charge in [0.05, 0.1) is 0 Å². The van der Waals surface area contributed by atoms with E-state index in [0.29, 0.717) is 5.82 Å². The van der Waals surface area contributed by atoms with Crippen molar-refractivity contribution in [1.82, 2.24) is 15.0 Å². The van der Waals surface area contributed by atoms with Crippen LogP contribution in [0.25, 0.3) is 0 Å². The summed E-state index contributed by atoms with van der Waals surface area (Å²) in [6.07, 6.45) is 2.12. The first kappa shape index (κ1) is 8.86.